The molecule has 1 aliphatic heterocycles. The van der Waals surface area contributed by atoms with E-state index < -0.39 is 10.0 Å². The fourth-order valence-electron chi connectivity index (χ4n) is 2.72. The van der Waals surface area contributed by atoms with Gasteiger partial charge in [0.15, 0.2) is 0 Å². The van der Waals surface area contributed by atoms with E-state index in [1.807, 2.05) is 25.1 Å². The number of aryl methyl sites for hydroxylation is 1. The minimum absolute atomic E-state index is 0.0500. The first-order chi connectivity index (χ1) is 11.3. The molecule has 0 aliphatic carbocycles. The molecule has 6 nitrogen and oxygen atoms in total. The average Bonchev–Trinajstić information content (AvgIpc) is 2.55. The zero-order valence-corrected chi connectivity index (χ0v) is 15.4. The summed E-state index contributed by atoms with van der Waals surface area (Å²) in [6, 6.07) is 5.88. The molecule has 1 fully saturated rings. The topological polar surface area (TPSA) is 75.7 Å². The normalized spacial score (nSPS) is 16.3. The Morgan fingerprint density at radius 1 is 1.29 bits per heavy atom. The zero-order valence-electron chi connectivity index (χ0n) is 14.5. The van der Waals surface area contributed by atoms with Crippen molar-refractivity contribution in [1.29, 1.82) is 0 Å². The van der Waals surface area contributed by atoms with Crippen molar-refractivity contribution in [3.63, 3.8) is 0 Å². The number of rotatable bonds is 6. The fraction of sp³-hybridized carbons (Fsp3) is 0.588. The smallest absolute Gasteiger partial charge is 0.225 e. The number of sulfonamides is 1. The summed E-state index contributed by atoms with van der Waals surface area (Å²) < 4.78 is 31.1. The van der Waals surface area contributed by atoms with Gasteiger partial charge >= 0.3 is 0 Å². The largest absolute Gasteiger partial charge is 0.379 e. The van der Waals surface area contributed by atoms with Crippen LogP contribution in [0.25, 0.3) is 0 Å². The minimum atomic E-state index is -3.41. The third kappa shape index (κ3) is 4.78. The quantitative estimate of drug-likeness (QED) is 0.849. The van der Waals surface area contributed by atoms with Crippen molar-refractivity contribution >= 4 is 21.6 Å². The average molecular weight is 354 g/mol. The molecule has 134 valence electrons. The number of nitrogens with one attached hydrogen (secondary N) is 1. The molecule has 1 heterocycles. The number of benzene rings is 1. The molecular weight excluding hydrogens is 328 g/mol. The van der Waals surface area contributed by atoms with Crippen molar-refractivity contribution in [2.45, 2.75) is 33.1 Å². The van der Waals surface area contributed by atoms with Gasteiger partial charge in [0.25, 0.3) is 0 Å². The Morgan fingerprint density at radius 3 is 2.58 bits per heavy atom. The van der Waals surface area contributed by atoms with E-state index >= 15 is 0 Å². The summed E-state index contributed by atoms with van der Waals surface area (Å²) in [4.78, 5) is 12.3. The first-order valence-corrected chi connectivity index (χ1v) is 9.87. The van der Waals surface area contributed by atoms with Crippen LogP contribution in [0.5, 0.6) is 0 Å². The molecule has 0 radical (unpaired) electrons. The summed E-state index contributed by atoms with van der Waals surface area (Å²) in [5, 5.41) is 2.89. The molecular formula is C17H26N2O4S. The van der Waals surface area contributed by atoms with Gasteiger partial charge in [0.1, 0.15) is 0 Å². The molecule has 1 N–H and O–H groups in total. The lowest BCUT2D eigenvalue weighted by Gasteiger charge is -2.26. The summed E-state index contributed by atoms with van der Waals surface area (Å²) in [7, 11) is -3.41. The van der Waals surface area contributed by atoms with Crippen LogP contribution in [0.1, 0.15) is 37.3 Å². The molecule has 1 aromatic rings. The second kappa shape index (κ2) is 8.09. The fourth-order valence-corrected chi connectivity index (χ4v) is 4.13. The van der Waals surface area contributed by atoms with E-state index in [4.69, 9.17) is 4.74 Å². The summed E-state index contributed by atoms with van der Waals surface area (Å²) in [6.07, 6.45) is -0.0500. The Bertz CT molecular complexity index is 680. The molecule has 24 heavy (non-hydrogen) atoms. The van der Waals surface area contributed by atoms with Crippen molar-refractivity contribution in [1.82, 2.24) is 4.31 Å². The lowest BCUT2D eigenvalue weighted by Crippen LogP contribution is -2.42. The minimum Gasteiger partial charge on any atom is -0.379 e. The van der Waals surface area contributed by atoms with Crippen LogP contribution in [0.2, 0.25) is 0 Å². The molecule has 0 atom stereocenters. The Morgan fingerprint density at radius 2 is 1.96 bits per heavy atom. The van der Waals surface area contributed by atoms with Crippen LogP contribution in [0.15, 0.2) is 18.2 Å². The second-order valence-corrected chi connectivity index (χ2v) is 8.41. The molecule has 7 heteroatoms. The van der Waals surface area contributed by atoms with E-state index in [0.717, 1.165) is 16.8 Å². The second-order valence-electron chi connectivity index (χ2n) is 6.32. The highest BCUT2D eigenvalue weighted by molar-refractivity contribution is 7.89. The van der Waals surface area contributed by atoms with Crippen molar-refractivity contribution in [3.05, 3.63) is 29.3 Å². The van der Waals surface area contributed by atoms with Crippen LogP contribution in [-0.4, -0.2) is 50.7 Å². The maximum atomic E-state index is 12.3. The number of nitrogens with zero attached hydrogens (tertiary/aromatic N) is 1. The van der Waals surface area contributed by atoms with Gasteiger partial charge in [0.2, 0.25) is 15.9 Å². The molecule has 0 spiro atoms. The van der Waals surface area contributed by atoms with Crippen LogP contribution in [0, 0.1) is 6.92 Å². The maximum absolute atomic E-state index is 12.3. The number of carbonyl (C=O) groups excluding carboxylic acids is 1. The highest BCUT2D eigenvalue weighted by atomic mass is 32.2. The molecule has 1 aromatic carbocycles. The number of para-hydroxylation sites is 1. The molecule has 1 aliphatic rings. The Kier molecular flexibility index (Phi) is 6.37. The monoisotopic (exact) mass is 354 g/mol. The van der Waals surface area contributed by atoms with Crippen LogP contribution in [-0.2, 0) is 19.6 Å². The number of ether oxygens (including phenoxy) is 1. The van der Waals surface area contributed by atoms with Crippen LogP contribution in [0.3, 0.4) is 0 Å². The summed E-state index contributed by atoms with van der Waals surface area (Å²) in [6.45, 7) is 7.60. The van der Waals surface area contributed by atoms with Gasteiger partial charge in [-0.1, -0.05) is 32.0 Å². The molecule has 2 rings (SSSR count). The zero-order chi connectivity index (χ0) is 17.7. The van der Waals surface area contributed by atoms with Gasteiger partial charge in [-0.05, 0) is 24.0 Å². The van der Waals surface area contributed by atoms with Crippen LogP contribution >= 0.6 is 0 Å². The Hall–Kier alpha value is -1.44. The maximum Gasteiger partial charge on any atom is 0.225 e. The molecule has 0 bridgehead atoms. The van der Waals surface area contributed by atoms with Gasteiger partial charge in [0.05, 0.1) is 19.0 Å². The highest BCUT2D eigenvalue weighted by Gasteiger charge is 2.25. The number of amides is 1. The predicted molar refractivity (Wildman–Crippen MR) is 94.7 cm³/mol. The van der Waals surface area contributed by atoms with Crippen molar-refractivity contribution < 1.29 is 17.9 Å². The number of hydrogen-bond donors (Lipinski definition) is 1. The molecule has 0 unspecified atom stereocenters. The van der Waals surface area contributed by atoms with Crippen LogP contribution < -0.4 is 5.32 Å². The van der Waals surface area contributed by atoms with Crippen molar-refractivity contribution in [2.24, 2.45) is 0 Å². The highest BCUT2D eigenvalue weighted by Crippen LogP contribution is 2.27. The van der Waals surface area contributed by atoms with E-state index in [1.165, 1.54) is 4.31 Å². The Labute approximate surface area is 144 Å². The van der Waals surface area contributed by atoms with Crippen molar-refractivity contribution in [2.75, 3.05) is 37.4 Å². The predicted octanol–water partition coefficient (Wildman–Crippen LogP) is 2.11. The van der Waals surface area contributed by atoms with Crippen molar-refractivity contribution in [3.8, 4) is 0 Å². The third-order valence-corrected chi connectivity index (χ3v) is 6.01. The first-order valence-electron chi connectivity index (χ1n) is 8.26. The molecule has 1 amide bonds. The van der Waals surface area contributed by atoms with E-state index in [9.17, 15) is 13.2 Å². The molecule has 0 aromatic heterocycles. The molecule has 0 saturated carbocycles. The lowest BCUT2D eigenvalue weighted by molar-refractivity contribution is -0.115. The Balaban J connectivity index is 1.99. The van der Waals surface area contributed by atoms with Gasteiger partial charge in [-0.2, -0.15) is 4.31 Å². The SMILES string of the molecule is Cc1cccc(C(C)C)c1NC(=O)CCS(=O)(=O)N1CCOCC1. The lowest BCUT2D eigenvalue weighted by atomic mass is 9.98. The number of morpholine rings is 1. The van der Waals surface area contributed by atoms with Gasteiger partial charge in [-0.15, -0.1) is 0 Å². The van der Waals surface area contributed by atoms with Gasteiger partial charge in [-0.3, -0.25) is 4.79 Å². The first kappa shape index (κ1) is 18.9. The van der Waals surface area contributed by atoms with Gasteiger partial charge in [0, 0.05) is 25.2 Å². The standard InChI is InChI=1S/C17H26N2O4S/c1-13(2)15-6-4-5-14(3)17(15)18-16(20)7-12-24(21,22)19-8-10-23-11-9-19/h4-6,13H,7-12H2,1-3H3,(H,18,20). The number of hydrogen-bond acceptors (Lipinski definition) is 4. The summed E-state index contributed by atoms with van der Waals surface area (Å²) >= 11 is 0. The van der Waals surface area contributed by atoms with E-state index in [0.29, 0.717) is 26.3 Å². The summed E-state index contributed by atoms with van der Waals surface area (Å²) in [5.74, 6) is -0.179. The molecule has 1 saturated heterocycles. The van der Waals surface area contributed by atoms with Gasteiger partial charge < -0.3 is 10.1 Å². The van der Waals surface area contributed by atoms with Crippen LogP contribution in [0.4, 0.5) is 5.69 Å². The number of carbonyl (C=O) groups is 1. The van der Waals surface area contributed by atoms with E-state index in [-0.39, 0.29) is 24.0 Å². The van der Waals surface area contributed by atoms with E-state index in [1.54, 1.807) is 0 Å². The number of anilines is 1. The van der Waals surface area contributed by atoms with Gasteiger partial charge in [-0.25, -0.2) is 8.42 Å². The van der Waals surface area contributed by atoms with E-state index in [2.05, 4.69) is 19.2 Å². The summed E-state index contributed by atoms with van der Waals surface area (Å²) in [5.41, 5.74) is 2.83. The third-order valence-electron chi connectivity index (χ3n) is 4.14.